The molecule has 2 aromatic carbocycles. The minimum absolute atomic E-state index is 0.0760. The second-order valence-corrected chi connectivity index (χ2v) is 7.71. The highest BCUT2D eigenvalue weighted by molar-refractivity contribution is 6.39. The highest BCUT2D eigenvalue weighted by atomic mass is 35.5. The zero-order valence-corrected chi connectivity index (χ0v) is 18.1. The van der Waals surface area contributed by atoms with E-state index in [0.717, 1.165) is 11.1 Å². The lowest BCUT2D eigenvalue weighted by molar-refractivity contribution is 0.473. The monoisotopic (exact) mass is 450 g/mol. The van der Waals surface area contributed by atoms with Gasteiger partial charge >= 0.3 is 0 Å². The number of nitrogens with zero attached hydrogens (tertiary/aromatic N) is 1. The third-order valence-electron chi connectivity index (χ3n) is 4.93. The van der Waals surface area contributed by atoms with E-state index in [-0.39, 0.29) is 22.5 Å². The van der Waals surface area contributed by atoms with Crippen molar-refractivity contribution in [2.45, 2.75) is 27.7 Å². The van der Waals surface area contributed by atoms with Gasteiger partial charge in [0.05, 0.1) is 32.4 Å². The summed E-state index contributed by atoms with van der Waals surface area (Å²) in [4.78, 5) is 18.1. The van der Waals surface area contributed by atoms with E-state index >= 15 is 0 Å². The first kappa shape index (κ1) is 22.0. The fourth-order valence-corrected chi connectivity index (χ4v) is 3.56. The van der Waals surface area contributed by atoms with Crippen LogP contribution in [0.25, 0.3) is 21.8 Å². The van der Waals surface area contributed by atoms with Crippen molar-refractivity contribution < 1.29 is 13.9 Å². The molecular formula is C22H18Cl2F2N2O2. The van der Waals surface area contributed by atoms with E-state index < -0.39 is 11.4 Å². The molecular weight excluding hydrogens is 433 g/mol. The zero-order valence-electron chi connectivity index (χ0n) is 16.6. The van der Waals surface area contributed by atoms with Crippen LogP contribution >= 0.6 is 23.2 Å². The van der Waals surface area contributed by atoms with Crippen molar-refractivity contribution in [3.63, 3.8) is 0 Å². The maximum absolute atomic E-state index is 13.6. The van der Waals surface area contributed by atoms with Gasteiger partial charge in [0.2, 0.25) is 0 Å². The number of aryl methyl sites for hydroxylation is 2. The van der Waals surface area contributed by atoms with Crippen LogP contribution in [0.2, 0.25) is 10.2 Å². The van der Waals surface area contributed by atoms with Crippen LogP contribution in [0.5, 0.6) is 5.75 Å². The van der Waals surface area contributed by atoms with E-state index in [1.54, 1.807) is 26.0 Å². The van der Waals surface area contributed by atoms with Crippen molar-refractivity contribution in [1.29, 1.82) is 0 Å². The first-order valence-electron chi connectivity index (χ1n) is 8.95. The fourth-order valence-electron chi connectivity index (χ4n) is 3.06. The molecule has 4 rings (SSSR count). The largest absolute Gasteiger partial charge is 0.507 e. The second kappa shape index (κ2) is 8.20. The lowest BCUT2D eigenvalue weighted by atomic mass is 10.1. The van der Waals surface area contributed by atoms with Gasteiger partial charge in [0.1, 0.15) is 22.5 Å². The summed E-state index contributed by atoms with van der Waals surface area (Å²) in [6.45, 7) is 6.76. The van der Waals surface area contributed by atoms with Crippen LogP contribution in [0, 0.1) is 39.3 Å². The molecule has 0 amide bonds. The Labute approximate surface area is 181 Å². The van der Waals surface area contributed by atoms with E-state index in [0.29, 0.717) is 32.2 Å². The van der Waals surface area contributed by atoms with Gasteiger partial charge in [-0.05, 0) is 51.0 Å². The molecule has 0 aliphatic rings. The molecule has 8 heteroatoms. The fraction of sp³-hybridized carbons (Fsp3) is 0.182. The number of rotatable bonds is 0. The highest BCUT2D eigenvalue weighted by Crippen LogP contribution is 2.33. The molecule has 2 N–H and O–H groups in total. The van der Waals surface area contributed by atoms with Gasteiger partial charge in [0.15, 0.2) is 0 Å². The third-order valence-corrected chi connectivity index (χ3v) is 5.77. The topological polar surface area (TPSA) is 66.0 Å². The Bertz CT molecular complexity index is 1370. The lowest BCUT2D eigenvalue weighted by Gasteiger charge is -2.08. The van der Waals surface area contributed by atoms with Crippen LogP contribution in [-0.4, -0.2) is 15.1 Å². The van der Waals surface area contributed by atoms with Gasteiger partial charge < -0.3 is 10.1 Å². The Kier molecular flexibility index (Phi) is 6.01. The average molecular weight is 451 g/mol. The molecule has 0 saturated carbocycles. The number of H-pyrrole nitrogens is 1. The Morgan fingerprint density at radius 1 is 0.900 bits per heavy atom. The van der Waals surface area contributed by atoms with Gasteiger partial charge in [-0.15, -0.1) is 0 Å². The van der Waals surface area contributed by atoms with Crippen LogP contribution in [0.4, 0.5) is 8.78 Å². The molecule has 0 saturated heterocycles. The van der Waals surface area contributed by atoms with Gasteiger partial charge in [0, 0.05) is 5.56 Å². The van der Waals surface area contributed by atoms with Gasteiger partial charge in [-0.2, -0.15) is 0 Å². The van der Waals surface area contributed by atoms with Gasteiger partial charge in [-0.3, -0.25) is 4.79 Å². The number of halogens is 4. The number of aromatic hydroxyl groups is 1. The van der Waals surface area contributed by atoms with E-state index in [4.69, 9.17) is 23.2 Å². The van der Waals surface area contributed by atoms with Crippen molar-refractivity contribution in [1.82, 2.24) is 9.97 Å². The van der Waals surface area contributed by atoms with E-state index in [1.807, 2.05) is 6.92 Å². The number of benzene rings is 2. The Morgan fingerprint density at radius 2 is 1.47 bits per heavy atom. The van der Waals surface area contributed by atoms with Crippen molar-refractivity contribution in [2.75, 3.05) is 0 Å². The molecule has 4 nitrogen and oxygen atoms in total. The lowest BCUT2D eigenvalue weighted by Crippen LogP contribution is -2.10. The predicted molar refractivity (Wildman–Crippen MR) is 117 cm³/mol. The molecule has 0 bridgehead atoms. The smallest absolute Gasteiger partial charge is 0.255 e. The molecule has 0 aliphatic heterocycles. The number of hydrogen-bond acceptors (Lipinski definition) is 3. The normalized spacial score (nSPS) is 10.9. The summed E-state index contributed by atoms with van der Waals surface area (Å²) < 4.78 is 27.0. The van der Waals surface area contributed by atoms with Crippen molar-refractivity contribution in [3.8, 4) is 5.75 Å². The molecule has 156 valence electrons. The maximum Gasteiger partial charge on any atom is 0.255 e. The Hall–Kier alpha value is -2.70. The molecule has 0 radical (unpaired) electrons. The third kappa shape index (κ3) is 3.73. The van der Waals surface area contributed by atoms with E-state index in [2.05, 4.69) is 9.97 Å². The summed E-state index contributed by atoms with van der Waals surface area (Å²) >= 11 is 11.9. The van der Waals surface area contributed by atoms with Gasteiger partial charge in [0.25, 0.3) is 5.56 Å². The summed E-state index contributed by atoms with van der Waals surface area (Å²) in [7, 11) is 0. The molecule has 2 heterocycles. The van der Waals surface area contributed by atoms with Crippen LogP contribution < -0.4 is 5.56 Å². The molecule has 2 aromatic heterocycles. The molecule has 4 aromatic rings. The van der Waals surface area contributed by atoms with Crippen LogP contribution in [0.1, 0.15) is 22.3 Å². The minimum atomic E-state index is -0.535. The summed E-state index contributed by atoms with van der Waals surface area (Å²) in [5.74, 6) is -1.18. The number of aromatic nitrogens is 2. The number of fused-ring (bicyclic) bond motifs is 2. The quantitative estimate of drug-likeness (QED) is 0.309. The van der Waals surface area contributed by atoms with E-state index in [9.17, 15) is 18.7 Å². The van der Waals surface area contributed by atoms with Crippen LogP contribution in [-0.2, 0) is 0 Å². The molecule has 0 fully saturated rings. The number of hydrogen-bond donors (Lipinski definition) is 2. The first-order valence-corrected chi connectivity index (χ1v) is 9.71. The number of aromatic amines is 1. The molecule has 0 unspecified atom stereocenters. The van der Waals surface area contributed by atoms with Crippen molar-refractivity contribution in [2.24, 2.45) is 0 Å². The Balaban J connectivity index is 0.000000171. The predicted octanol–water partition coefficient (Wildman–Crippen LogP) is 6.29. The molecule has 0 spiro atoms. The first-order chi connectivity index (χ1) is 14.0. The van der Waals surface area contributed by atoms with E-state index in [1.165, 1.54) is 19.1 Å². The standard InChI is InChI=1S/C11H8Cl2FN.C11H10FNO2/c1-5-3-4-7(14)8-9(12)6(2)11(13)15-10(5)8;1-5-3-4-7(12)8-9(5)13-11(15)6(2)10(8)14/h3-4H,1-2H3;3-4H,1-2H3,(H2,13,14,15). The number of nitrogens with one attached hydrogen (secondary N) is 1. The SMILES string of the molecule is Cc1c(Cl)nc2c(C)ccc(F)c2c1Cl.Cc1c(O)c2c(F)ccc(C)c2[nH]c1=O. The van der Waals surface area contributed by atoms with Gasteiger partial charge in [-0.25, -0.2) is 13.8 Å². The average Bonchev–Trinajstić information content (AvgIpc) is 2.70. The summed E-state index contributed by atoms with van der Waals surface area (Å²) in [5.41, 5.74) is 2.80. The summed E-state index contributed by atoms with van der Waals surface area (Å²) in [5, 5.41) is 10.8. The summed E-state index contributed by atoms with van der Waals surface area (Å²) in [6, 6.07) is 5.88. The van der Waals surface area contributed by atoms with Crippen LogP contribution in [0.3, 0.4) is 0 Å². The van der Waals surface area contributed by atoms with Crippen molar-refractivity contribution in [3.05, 3.63) is 78.7 Å². The second-order valence-electron chi connectivity index (χ2n) is 6.97. The zero-order chi connectivity index (χ0) is 22.3. The van der Waals surface area contributed by atoms with Crippen LogP contribution in [0.15, 0.2) is 29.1 Å². The van der Waals surface area contributed by atoms with Crippen molar-refractivity contribution >= 4 is 45.0 Å². The van der Waals surface area contributed by atoms with Gasteiger partial charge in [-0.1, -0.05) is 35.3 Å². The molecule has 30 heavy (non-hydrogen) atoms. The molecule has 0 aliphatic carbocycles. The Morgan fingerprint density at radius 3 is 2.10 bits per heavy atom. The maximum atomic E-state index is 13.6. The minimum Gasteiger partial charge on any atom is -0.507 e. The summed E-state index contributed by atoms with van der Waals surface area (Å²) in [6.07, 6.45) is 0. The molecule has 0 atom stereocenters. The highest BCUT2D eigenvalue weighted by Gasteiger charge is 2.14. The number of pyridine rings is 2.